The molecule has 134 valence electrons. The predicted molar refractivity (Wildman–Crippen MR) is 95.8 cm³/mol. The molecule has 0 aromatic heterocycles. The normalized spacial score (nSPS) is 16.3. The Morgan fingerprint density at radius 2 is 1.92 bits per heavy atom. The van der Waals surface area contributed by atoms with Gasteiger partial charge in [0.1, 0.15) is 5.60 Å². The Morgan fingerprint density at radius 3 is 2.48 bits per heavy atom. The Morgan fingerprint density at radius 1 is 1.28 bits per heavy atom. The van der Waals surface area contributed by atoms with Gasteiger partial charge < -0.3 is 9.47 Å². The zero-order chi connectivity index (χ0) is 18.3. The maximum atomic E-state index is 12.1. The number of nitrogens with zero attached hydrogens (tertiary/aromatic N) is 3. The Hall–Kier alpha value is -2.23. The molecule has 0 aliphatic carbocycles. The van der Waals surface area contributed by atoms with E-state index in [0.717, 1.165) is 24.4 Å². The maximum absolute atomic E-state index is 12.1. The van der Waals surface area contributed by atoms with E-state index < -0.39 is 11.7 Å². The summed E-state index contributed by atoms with van der Waals surface area (Å²) < 4.78 is 10.7. The first-order chi connectivity index (χ1) is 11.9. The standard InChI is InChI=1S/C19H25N3O3/c1-19(2,3)25-18(23)21-17(14-22-8-10-24-11-9-22)12-15-4-6-16(13-20)7-5-15/h4-7H,8-12,14H2,1-3H3/b21-17-. The van der Waals surface area contributed by atoms with Crippen molar-refractivity contribution in [1.29, 1.82) is 5.26 Å². The molecular weight excluding hydrogens is 318 g/mol. The summed E-state index contributed by atoms with van der Waals surface area (Å²) in [5, 5.41) is 8.90. The SMILES string of the molecule is CC(C)(C)OC(=O)/N=C(/Cc1ccc(C#N)cc1)CN1CCOCC1. The van der Waals surface area contributed by atoms with Crippen LogP contribution in [0.1, 0.15) is 31.9 Å². The molecule has 2 rings (SSSR count). The van der Waals surface area contributed by atoms with Gasteiger partial charge in [-0.15, -0.1) is 0 Å². The molecule has 0 spiro atoms. The van der Waals surface area contributed by atoms with Gasteiger partial charge in [-0.05, 0) is 38.5 Å². The van der Waals surface area contributed by atoms with E-state index in [1.54, 1.807) is 12.1 Å². The minimum absolute atomic E-state index is 0.544. The van der Waals surface area contributed by atoms with E-state index in [9.17, 15) is 4.79 Å². The van der Waals surface area contributed by atoms with Gasteiger partial charge in [-0.2, -0.15) is 10.3 Å². The molecule has 0 radical (unpaired) electrons. The lowest BCUT2D eigenvalue weighted by Gasteiger charge is -2.27. The Bertz CT molecular complexity index is 648. The molecule has 0 unspecified atom stereocenters. The van der Waals surface area contributed by atoms with Gasteiger partial charge >= 0.3 is 6.09 Å². The maximum Gasteiger partial charge on any atom is 0.434 e. The van der Waals surface area contributed by atoms with Crippen LogP contribution >= 0.6 is 0 Å². The molecule has 1 aliphatic heterocycles. The van der Waals surface area contributed by atoms with E-state index >= 15 is 0 Å². The third-order valence-electron chi connectivity index (χ3n) is 3.64. The number of amides is 1. The first-order valence-electron chi connectivity index (χ1n) is 8.44. The van der Waals surface area contributed by atoms with Crippen LogP contribution in [0.15, 0.2) is 29.3 Å². The molecule has 1 aliphatic rings. The smallest absolute Gasteiger partial charge is 0.434 e. The topological polar surface area (TPSA) is 74.9 Å². The van der Waals surface area contributed by atoms with Gasteiger partial charge in [-0.25, -0.2) is 4.79 Å². The minimum atomic E-state index is -0.570. The Labute approximate surface area is 149 Å². The summed E-state index contributed by atoms with van der Waals surface area (Å²) in [4.78, 5) is 18.5. The van der Waals surface area contributed by atoms with Crippen LogP contribution in [0.25, 0.3) is 0 Å². The van der Waals surface area contributed by atoms with Crippen molar-refractivity contribution in [3.63, 3.8) is 0 Å². The number of carbonyl (C=O) groups is 1. The van der Waals surface area contributed by atoms with Crippen molar-refractivity contribution >= 4 is 11.8 Å². The largest absolute Gasteiger partial charge is 0.442 e. The molecule has 1 amide bonds. The predicted octanol–water partition coefficient (Wildman–Crippen LogP) is 2.81. The zero-order valence-electron chi connectivity index (χ0n) is 15.1. The van der Waals surface area contributed by atoms with E-state index in [2.05, 4.69) is 16.0 Å². The number of ether oxygens (including phenoxy) is 2. The lowest BCUT2D eigenvalue weighted by Crippen LogP contribution is -2.40. The molecule has 6 nitrogen and oxygen atoms in total. The summed E-state index contributed by atoms with van der Waals surface area (Å²) in [5.41, 5.74) is 1.80. The van der Waals surface area contributed by atoms with Gasteiger partial charge in [-0.3, -0.25) is 4.90 Å². The molecule has 1 fully saturated rings. The fourth-order valence-corrected chi connectivity index (χ4v) is 2.49. The Balaban J connectivity index is 2.12. The summed E-state index contributed by atoms with van der Waals surface area (Å²) in [5.74, 6) is 0. The molecule has 1 aromatic rings. The molecule has 0 atom stereocenters. The van der Waals surface area contributed by atoms with E-state index in [-0.39, 0.29) is 0 Å². The van der Waals surface area contributed by atoms with Crippen LogP contribution in [0.3, 0.4) is 0 Å². The van der Waals surface area contributed by atoms with Crippen LogP contribution in [0, 0.1) is 11.3 Å². The highest BCUT2D eigenvalue weighted by Gasteiger charge is 2.18. The van der Waals surface area contributed by atoms with Gasteiger partial charge in [-0.1, -0.05) is 12.1 Å². The number of benzene rings is 1. The van der Waals surface area contributed by atoms with E-state index in [0.29, 0.717) is 31.7 Å². The molecular formula is C19H25N3O3. The summed E-state index contributed by atoms with van der Waals surface area (Å²) in [6, 6.07) is 9.43. The van der Waals surface area contributed by atoms with Crippen LogP contribution in [-0.2, 0) is 15.9 Å². The lowest BCUT2D eigenvalue weighted by molar-refractivity contribution is 0.0449. The van der Waals surface area contributed by atoms with Crippen molar-refractivity contribution < 1.29 is 14.3 Å². The third kappa shape index (κ3) is 7.04. The van der Waals surface area contributed by atoms with Crippen LogP contribution < -0.4 is 0 Å². The number of rotatable bonds is 4. The highest BCUT2D eigenvalue weighted by Crippen LogP contribution is 2.11. The van der Waals surface area contributed by atoms with Crippen LogP contribution in [-0.4, -0.2) is 55.2 Å². The molecule has 25 heavy (non-hydrogen) atoms. The van der Waals surface area contributed by atoms with Crippen LogP contribution in [0.4, 0.5) is 4.79 Å². The average molecular weight is 343 g/mol. The van der Waals surface area contributed by atoms with Gasteiger partial charge in [0, 0.05) is 31.8 Å². The summed E-state index contributed by atoms with van der Waals surface area (Å²) in [6.07, 6.45) is -0.0214. The molecule has 0 saturated carbocycles. The summed E-state index contributed by atoms with van der Waals surface area (Å²) >= 11 is 0. The highest BCUT2D eigenvalue weighted by molar-refractivity contribution is 5.96. The molecule has 1 saturated heterocycles. The van der Waals surface area contributed by atoms with Crippen molar-refractivity contribution in [2.24, 2.45) is 4.99 Å². The minimum Gasteiger partial charge on any atom is -0.442 e. The first kappa shape index (κ1) is 19.1. The average Bonchev–Trinajstić information content (AvgIpc) is 2.54. The number of morpholine rings is 1. The summed E-state index contributed by atoms with van der Waals surface area (Å²) in [7, 11) is 0. The van der Waals surface area contributed by atoms with Crippen LogP contribution in [0.2, 0.25) is 0 Å². The fraction of sp³-hybridized carbons (Fsp3) is 0.526. The quantitative estimate of drug-likeness (QED) is 0.786. The molecule has 6 heteroatoms. The number of carbonyl (C=O) groups excluding carboxylic acids is 1. The van der Waals surface area contributed by atoms with Gasteiger partial charge in [0.25, 0.3) is 0 Å². The second-order valence-corrected chi connectivity index (χ2v) is 7.03. The molecule has 1 aromatic carbocycles. The molecule has 0 N–H and O–H groups in total. The van der Waals surface area contributed by atoms with Gasteiger partial charge in [0.05, 0.1) is 24.8 Å². The lowest BCUT2D eigenvalue weighted by atomic mass is 10.1. The number of hydrogen-bond donors (Lipinski definition) is 0. The van der Waals surface area contributed by atoms with E-state index in [4.69, 9.17) is 14.7 Å². The van der Waals surface area contributed by atoms with Gasteiger partial charge in [0.15, 0.2) is 0 Å². The number of aliphatic imine (C=N–C) groups is 1. The summed E-state index contributed by atoms with van der Waals surface area (Å²) in [6.45, 7) is 9.09. The van der Waals surface area contributed by atoms with Crippen molar-refractivity contribution in [2.75, 3.05) is 32.8 Å². The van der Waals surface area contributed by atoms with Crippen molar-refractivity contribution in [3.8, 4) is 6.07 Å². The van der Waals surface area contributed by atoms with Crippen molar-refractivity contribution in [1.82, 2.24) is 4.90 Å². The second-order valence-electron chi connectivity index (χ2n) is 7.03. The third-order valence-corrected chi connectivity index (χ3v) is 3.64. The first-order valence-corrected chi connectivity index (χ1v) is 8.44. The monoisotopic (exact) mass is 343 g/mol. The molecule has 0 bridgehead atoms. The van der Waals surface area contributed by atoms with E-state index in [1.807, 2.05) is 32.9 Å². The van der Waals surface area contributed by atoms with Crippen molar-refractivity contribution in [3.05, 3.63) is 35.4 Å². The fourth-order valence-electron chi connectivity index (χ4n) is 2.49. The van der Waals surface area contributed by atoms with Crippen LogP contribution in [0.5, 0.6) is 0 Å². The zero-order valence-corrected chi connectivity index (χ0v) is 15.1. The second kappa shape index (κ2) is 8.75. The highest BCUT2D eigenvalue weighted by atomic mass is 16.6. The van der Waals surface area contributed by atoms with Crippen molar-refractivity contribution in [2.45, 2.75) is 32.8 Å². The molecule has 1 heterocycles. The number of hydrogen-bond acceptors (Lipinski definition) is 5. The number of nitriles is 1. The van der Waals surface area contributed by atoms with E-state index in [1.165, 1.54) is 0 Å². The Kier molecular flexibility index (Phi) is 6.68. The van der Waals surface area contributed by atoms with Gasteiger partial charge in [0.2, 0.25) is 0 Å².